The van der Waals surface area contributed by atoms with Crippen molar-refractivity contribution in [2.75, 3.05) is 40.3 Å². The van der Waals surface area contributed by atoms with E-state index in [9.17, 15) is 4.79 Å². The second-order valence-corrected chi connectivity index (χ2v) is 7.08. The van der Waals surface area contributed by atoms with E-state index in [0.29, 0.717) is 12.5 Å². The number of ether oxygens (including phenoxy) is 1. The minimum atomic E-state index is -0.0640. The molecule has 0 aliphatic carbocycles. The van der Waals surface area contributed by atoms with Gasteiger partial charge in [-0.3, -0.25) is 0 Å². The quantitative estimate of drug-likeness (QED) is 0.871. The Kier molecular flexibility index (Phi) is 6.91. The fourth-order valence-electron chi connectivity index (χ4n) is 3.15. The third-order valence-corrected chi connectivity index (χ3v) is 4.50. The number of carbonyl (C=O) groups excluding carboxylic acids is 1. The maximum absolute atomic E-state index is 12.2. The lowest BCUT2D eigenvalue weighted by Gasteiger charge is -2.32. The summed E-state index contributed by atoms with van der Waals surface area (Å²) in [6.07, 6.45) is 2.36. The van der Waals surface area contributed by atoms with E-state index in [0.717, 1.165) is 18.8 Å². The molecule has 0 saturated carbocycles. The number of hydrogen-bond acceptors (Lipinski definition) is 3. The minimum Gasteiger partial charge on any atom is -0.489 e. The van der Waals surface area contributed by atoms with Crippen LogP contribution in [-0.2, 0) is 0 Å². The zero-order chi connectivity index (χ0) is 17.5. The Morgan fingerprint density at radius 3 is 2.79 bits per heavy atom. The highest BCUT2D eigenvalue weighted by Gasteiger charge is 2.20. The molecule has 2 atom stereocenters. The zero-order valence-electron chi connectivity index (χ0n) is 15.4. The number of nitrogens with zero attached hydrogens (tertiary/aromatic N) is 2. The largest absolute Gasteiger partial charge is 0.489 e. The average molecular weight is 333 g/mol. The molecule has 134 valence electrons. The van der Waals surface area contributed by atoms with Crippen molar-refractivity contribution >= 4 is 6.03 Å². The Labute approximate surface area is 146 Å². The van der Waals surface area contributed by atoms with Crippen LogP contribution in [0.3, 0.4) is 0 Å². The van der Waals surface area contributed by atoms with Crippen molar-refractivity contribution in [1.82, 2.24) is 15.1 Å². The van der Waals surface area contributed by atoms with Gasteiger partial charge in [0.05, 0.1) is 6.54 Å². The van der Waals surface area contributed by atoms with Crippen molar-refractivity contribution in [3.63, 3.8) is 0 Å². The monoisotopic (exact) mass is 333 g/mol. The normalized spacial score (nSPS) is 19.6. The molecule has 1 aliphatic heterocycles. The summed E-state index contributed by atoms with van der Waals surface area (Å²) < 4.78 is 5.82. The summed E-state index contributed by atoms with van der Waals surface area (Å²) in [5.41, 5.74) is 1.21. The number of rotatable bonds is 6. The van der Waals surface area contributed by atoms with Crippen LogP contribution in [0.5, 0.6) is 5.75 Å². The maximum Gasteiger partial charge on any atom is 0.317 e. The number of benzene rings is 1. The van der Waals surface area contributed by atoms with Crippen LogP contribution in [0.1, 0.15) is 25.3 Å². The van der Waals surface area contributed by atoms with Crippen molar-refractivity contribution < 1.29 is 9.53 Å². The first-order valence-corrected chi connectivity index (χ1v) is 8.85. The number of aryl methyl sites for hydroxylation is 1. The molecule has 1 saturated heterocycles. The van der Waals surface area contributed by atoms with Gasteiger partial charge >= 0.3 is 6.03 Å². The Hall–Kier alpha value is -1.75. The van der Waals surface area contributed by atoms with Crippen LogP contribution >= 0.6 is 0 Å². The first-order valence-electron chi connectivity index (χ1n) is 8.85. The number of urea groups is 1. The molecule has 1 N–H and O–H groups in total. The van der Waals surface area contributed by atoms with E-state index in [4.69, 9.17) is 4.74 Å². The van der Waals surface area contributed by atoms with Gasteiger partial charge in [0, 0.05) is 20.1 Å². The van der Waals surface area contributed by atoms with Crippen molar-refractivity contribution in [3.05, 3.63) is 29.8 Å². The van der Waals surface area contributed by atoms with Gasteiger partial charge in [-0.2, -0.15) is 0 Å². The molecule has 1 aromatic carbocycles. The highest BCUT2D eigenvalue weighted by molar-refractivity contribution is 5.73. The molecule has 0 bridgehead atoms. The summed E-state index contributed by atoms with van der Waals surface area (Å²) in [6, 6.07) is 7.94. The molecule has 2 amide bonds. The van der Waals surface area contributed by atoms with Crippen LogP contribution in [-0.4, -0.2) is 62.2 Å². The van der Waals surface area contributed by atoms with Gasteiger partial charge in [-0.05, 0) is 58.3 Å². The van der Waals surface area contributed by atoms with E-state index in [1.807, 2.05) is 45.2 Å². The number of piperidine rings is 1. The molecular weight excluding hydrogens is 302 g/mol. The molecule has 1 aliphatic rings. The molecule has 1 heterocycles. The molecular formula is C19H31N3O2. The van der Waals surface area contributed by atoms with E-state index in [-0.39, 0.29) is 12.1 Å². The maximum atomic E-state index is 12.2. The summed E-state index contributed by atoms with van der Waals surface area (Å²) in [4.78, 5) is 16.4. The predicted octanol–water partition coefficient (Wildman–Crippen LogP) is 2.75. The lowest BCUT2D eigenvalue weighted by molar-refractivity contribution is 0.158. The van der Waals surface area contributed by atoms with E-state index in [2.05, 4.69) is 17.3 Å². The van der Waals surface area contributed by atoms with Crippen molar-refractivity contribution in [1.29, 1.82) is 0 Å². The first kappa shape index (κ1) is 18.6. The first-order chi connectivity index (χ1) is 11.4. The fraction of sp³-hybridized carbons (Fsp3) is 0.632. The number of likely N-dealkylation sites (tertiary alicyclic amines) is 1. The highest BCUT2D eigenvalue weighted by atomic mass is 16.5. The van der Waals surface area contributed by atoms with Crippen molar-refractivity contribution in [3.8, 4) is 5.75 Å². The zero-order valence-corrected chi connectivity index (χ0v) is 15.4. The Balaban J connectivity index is 1.70. The lowest BCUT2D eigenvalue weighted by Crippen LogP contribution is -2.45. The van der Waals surface area contributed by atoms with Crippen LogP contribution in [0.4, 0.5) is 4.79 Å². The molecule has 0 aromatic heterocycles. The molecule has 2 rings (SSSR count). The van der Waals surface area contributed by atoms with Gasteiger partial charge in [0.2, 0.25) is 0 Å². The van der Waals surface area contributed by atoms with E-state index >= 15 is 0 Å². The highest BCUT2D eigenvalue weighted by Crippen LogP contribution is 2.16. The van der Waals surface area contributed by atoms with Gasteiger partial charge in [0.25, 0.3) is 0 Å². The Bertz CT molecular complexity index is 518. The topological polar surface area (TPSA) is 44.8 Å². The number of amides is 2. The SMILES string of the molecule is Cc1ccc(O[C@@H](C)CNC(=O)N(C)C[C@@H]2CCCN(C)C2)cc1. The molecule has 1 fully saturated rings. The summed E-state index contributed by atoms with van der Waals surface area (Å²) in [6.45, 7) is 7.57. The smallest absolute Gasteiger partial charge is 0.317 e. The third kappa shape index (κ3) is 6.04. The predicted molar refractivity (Wildman–Crippen MR) is 97.5 cm³/mol. The summed E-state index contributed by atoms with van der Waals surface area (Å²) >= 11 is 0. The molecule has 0 unspecified atom stereocenters. The Morgan fingerprint density at radius 2 is 2.12 bits per heavy atom. The van der Waals surface area contributed by atoms with Crippen molar-refractivity contribution in [2.24, 2.45) is 5.92 Å². The second kappa shape index (κ2) is 8.92. The van der Waals surface area contributed by atoms with Gasteiger partial charge in [0.15, 0.2) is 0 Å². The van der Waals surface area contributed by atoms with Gasteiger partial charge in [-0.15, -0.1) is 0 Å². The van der Waals surface area contributed by atoms with Gasteiger partial charge in [-0.1, -0.05) is 17.7 Å². The molecule has 1 aromatic rings. The van der Waals surface area contributed by atoms with Crippen LogP contribution < -0.4 is 10.1 Å². The fourth-order valence-corrected chi connectivity index (χ4v) is 3.15. The molecule has 5 heteroatoms. The number of carbonyl (C=O) groups is 1. The molecule has 24 heavy (non-hydrogen) atoms. The van der Waals surface area contributed by atoms with Crippen LogP contribution in [0, 0.1) is 12.8 Å². The van der Waals surface area contributed by atoms with Crippen LogP contribution in [0.25, 0.3) is 0 Å². The molecule has 5 nitrogen and oxygen atoms in total. The van der Waals surface area contributed by atoms with E-state index in [1.165, 1.54) is 24.9 Å². The number of hydrogen-bond donors (Lipinski definition) is 1. The average Bonchev–Trinajstić information content (AvgIpc) is 2.54. The van der Waals surface area contributed by atoms with Gasteiger partial charge < -0.3 is 19.9 Å². The third-order valence-electron chi connectivity index (χ3n) is 4.50. The summed E-state index contributed by atoms with van der Waals surface area (Å²) in [7, 11) is 4.02. The minimum absolute atomic E-state index is 0.0254. The van der Waals surface area contributed by atoms with E-state index in [1.54, 1.807) is 4.90 Å². The van der Waals surface area contributed by atoms with Gasteiger partial charge in [0.1, 0.15) is 11.9 Å². The van der Waals surface area contributed by atoms with Crippen LogP contribution in [0.15, 0.2) is 24.3 Å². The van der Waals surface area contributed by atoms with Crippen molar-refractivity contribution in [2.45, 2.75) is 32.8 Å². The van der Waals surface area contributed by atoms with Crippen LogP contribution in [0.2, 0.25) is 0 Å². The summed E-state index contributed by atoms with van der Waals surface area (Å²) in [5.74, 6) is 1.40. The molecule has 0 radical (unpaired) electrons. The summed E-state index contributed by atoms with van der Waals surface area (Å²) in [5, 5.41) is 2.96. The Morgan fingerprint density at radius 1 is 1.42 bits per heavy atom. The van der Waals surface area contributed by atoms with Gasteiger partial charge in [-0.25, -0.2) is 4.79 Å². The molecule has 0 spiro atoms. The number of nitrogens with one attached hydrogen (secondary N) is 1. The second-order valence-electron chi connectivity index (χ2n) is 7.08. The lowest BCUT2D eigenvalue weighted by atomic mass is 9.98. The standard InChI is InChI=1S/C19H31N3O2/c1-15-7-9-18(10-8-15)24-16(2)12-20-19(23)22(4)14-17-6-5-11-21(3)13-17/h7-10,16-17H,5-6,11-14H2,1-4H3,(H,20,23)/t16-,17+/m0/s1. The van der Waals surface area contributed by atoms with E-state index < -0.39 is 0 Å².